The molecule has 0 saturated carbocycles. The van der Waals surface area contributed by atoms with Crippen molar-refractivity contribution in [3.63, 3.8) is 0 Å². The van der Waals surface area contributed by atoms with Gasteiger partial charge in [-0.25, -0.2) is 4.98 Å². The Balaban J connectivity index is 1.51. The number of ether oxygens (including phenoxy) is 1. The Labute approximate surface area is 232 Å². The van der Waals surface area contributed by atoms with Crippen molar-refractivity contribution in [2.45, 2.75) is 32.8 Å². The van der Waals surface area contributed by atoms with Crippen molar-refractivity contribution in [1.29, 1.82) is 0 Å². The number of aromatic nitrogens is 2. The van der Waals surface area contributed by atoms with Gasteiger partial charge < -0.3 is 4.74 Å². The van der Waals surface area contributed by atoms with E-state index in [2.05, 4.69) is 68.2 Å². The molecule has 186 valence electrons. The van der Waals surface area contributed by atoms with E-state index in [0.717, 1.165) is 38.3 Å². The van der Waals surface area contributed by atoms with E-state index in [1.807, 2.05) is 48.5 Å². The van der Waals surface area contributed by atoms with Gasteiger partial charge >= 0.3 is 0 Å². The molecule has 0 bridgehead atoms. The average molecular weight is 619 g/mol. The molecule has 5 aromatic rings. The first kappa shape index (κ1) is 25.4. The highest BCUT2D eigenvalue weighted by molar-refractivity contribution is 9.10. The lowest BCUT2D eigenvalue weighted by molar-refractivity contribution is 0.307. The number of hydrogen-bond acceptors (Lipinski definition) is 4. The molecule has 0 fully saturated rings. The van der Waals surface area contributed by atoms with E-state index in [9.17, 15) is 4.79 Å². The van der Waals surface area contributed by atoms with E-state index in [4.69, 9.17) is 9.72 Å². The molecule has 0 aliphatic heterocycles. The maximum Gasteiger partial charge on any atom is 0.282 e. The molecule has 7 heteroatoms. The summed E-state index contributed by atoms with van der Waals surface area (Å²) < 4.78 is 9.40. The minimum atomic E-state index is -0.193. The molecule has 0 atom stereocenters. The first-order chi connectivity index (χ1) is 18.0. The predicted molar refractivity (Wildman–Crippen MR) is 158 cm³/mol. The van der Waals surface area contributed by atoms with Crippen molar-refractivity contribution in [2.24, 2.45) is 5.10 Å². The Morgan fingerprint density at radius 1 is 0.946 bits per heavy atom. The van der Waals surface area contributed by atoms with Crippen LogP contribution in [0.1, 0.15) is 36.7 Å². The molecule has 0 amide bonds. The fourth-order valence-electron chi connectivity index (χ4n) is 4.26. The summed E-state index contributed by atoms with van der Waals surface area (Å²) >= 11 is 7.01. The van der Waals surface area contributed by atoms with Crippen LogP contribution in [-0.2, 0) is 13.0 Å². The number of halogens is 2. The minimum Gasteiger partial charge on any atom is -0.488 e. The second kappa shape index (κ2) is 11.4. The third-order valence-electron chi connectivity index (χ3n) is 6.18. The van der Waals surface area contributed by atoms with E-state index < -0.39 is 0 Å². The molecule has 37 heavy (non-hydrogen) atoms. The van der Waals surface area contributed by atoms with Crippen molar-refractivity contribution in [1.82, 2.24) is 9.66 Å². The lowest BCUT2D eigenvalue weighted by atomic mass is 10.1. The summed E-state index contributed by atoms with van der Waals surface area (Å²) in [6.07, 6.45) is 4.25. The van der Waals surface area contributed by atoms with Crippen LogP contribution in [0.2, 0.25) is 0 Å². The van der Waals surface area contributed by atoms with Crippen LogP contribution in [0.3, 0.4) is 0 Å². The summed E-state index contributed by atoms with van der Waals surface area (Å²) in [7, 11) is 0. The SMILES string of the molecule is CCCCc1nc2ccc(Br)cc2c(=O)n1N=Cc1cc(Br)ccc1OCc1cccc2ccccc12. The molecule has 4 aromatic carbocycles. The van der Waals surface area contributed by atoms with Gasteiger partial charge in [0.1, 0.15) is 18.2 Å². The molecular formula is C30H25Br2N3O2. The summed E-state index contributed by atoms with van der Waals surface area (Å²) in [5, 5.41) is 7.48. The first-order valence-corrected chi connectivity index (χ1v) is 13.8. The number of aryl methyl sites for hydroxylation is 1. The molecule has 0 unspecified atom stereocenters. The van der Waals surface area contributed by atoms with E-state index in [1.54, 1.807) is 12.3 Å². The standard InChI is InChI=1S/C30H25Br2N3O2/c1-2-3-11-29-34-27-14-12-24(32)17-26(27)30(36)35(29)33-18-22-16-23(31)13-15-28(22)37-19-21-9-6-8-20-7-4-5-10-25(20)21/h4-10,12-18H,2-3,11,19H2,1H3. The lowest BCUT2D eigenvalue weighted by Crippen LogP contribution is -2.22. The van der Waals surface area contributed by atoms with E-state index in [-0.39, 0.29) is 5.56 Å². The van der Waals surface area contributed by atoms with Crippen molar-refractivity contribution in [3.8, 4) is 5.75 Å². The predicted octanol–water partition coefficient (Wildman–Crippen LogP) is 7.88. The van der Waals surface area contributed by atoms with Gasteiger partial charge in [-0.1, -0.05) is 87.7 Å². The minimum absolute atomic E-state index is 0.193. The van der Waals surface area contributed by atoms with Crippen LogP contribution in [0.25, 0.3) is 21.7 Å². The van der Waals surface area contributed by atoms with E-state index in [1.165, 1.54) is 10.1 Å². The highest BCUT2D eigenvalue weighted by Crippen LogP contribution is 2.25. The number of unbranched alkanes of at least 4 members (excludes halogenated alkanes) is 1. The Kier molecular flexibility index (Phi) is 7.82. The number of fused-ring (bicyclic) bond motifs is 2. The largest absolute Gasteiger partial charge is 0.488 e. The van der Waals surface area contributed by atoms with Crippen LogP contribution >= 0.6 is 31.9 Å². The van der Waals surface area contributed by atoms with Crippen LogP contribution < -0.4 is 10.3 Å². The summed E-state index contributed by atoms with van der Waals surface area (Å²) in [5.74, 6) is 1.32. The van der Waals surface area contributed by atoms with Gasteiger partial charge in [-0.15, -0.1) is 0 Å². The first-order valence-electron chi connectivity index (χ1n) is 12.2. The van der Waals surface area contributed by atoms with Gasteiger partial charge in [0.2, 0.25) is 0 Å². The summed E-state index contributed by atoms with van der Waals surface area (Å²) in [6.45, 7) is 2.53. The number of benzene rings is 4. The Morgan fingerprint density at radius 2 is 1.73 bits per heavy atom. The molecule has 0 spiro atoms. The second-order valence-corrected chi connectivity index (χ2v) is 10.6. The van der Waals surface area contributed by atoms with Crippen LogP contribution in [0.5, 0.6) is 5.75 Å². The molecule has 5 rings (SSSR count). The quantitative estimate of drug-likeness (QED) is 0.166. The van der Waals surface area contributed by atoms with Gasteiger partial charge in [-0.3, -0.25) is 4.79 Å². The van der Waals surface area contributed by atoms with Crippen molar-refractivity contribution < 1.29 is 4.74 Å². The maximum atomic E-state index is 13.4. The summed E-state index contributed by atoms with van der Waals surface area (Å²) in [6, 6.07) is 25.8. The van der Waals surface area contributed by atoms with Gasteiger partial charge in [0.15, 0.2) is 0 Å². The molecule has 0 N–H and O–H groups in total. The summed E-state index contributed by atoms with van der Waals surface area (Å²) in [4.78, 5) is 18.2. The number of rotatable bonds is 8. The normalized spacial score (nSPS) is 11.5. The highest BCUT2D eigenvalue weighted by atomic mass is 79.9. The third kappa shape index (κ3) is 5.68. The second-order valence-electron chi connectivity index (χ2n) is 8.76. The van der Waals surface area contributed by atoms with Gasteiger partial charge in [0.25, 0.3) is 5.56 Å². The Bertz CT molecular complexity index is 1670. The third-order valence-corrected chi connectivity index (χ3v) is 7.16. The van der Waals surface area contributed by atoms with Crippen LogP contribution in [0, 0.1) is 0 Å². The molecule has 0 aliphatic carbocycles. The molecule has 1 heterocycles. The van der Waals surface area contributed by atoms with Crippen molar-refractivity contribution in [2.75, 3.05) is 0 Å². The zero-order valence-electron chi connectivity index (χ0n) is 20.3. The molecule has 0 saturated heterocycles. The molecule has 0 radical (unpaired) electrons. The lowest BCUT2D eigenvalue weighted by Gasteiger charge is -2.12. The van der Waals surface area contributed by atoms with E-state index in [0.29, 0.717) is 35.5 Å². The van der Waals surface area contributed by atoms with Crippen LogP contribution in [0.15, 0.2) is 97.7 Å². The Morgan fingerprint density at radius 3 is 2.59 bits per heavy atom. The van der Waals surface area contributed by atoms with Gasteiger partial charge in [0, 0.05) is 20.9 Å². The molecule has 5 nitrogen and oxygen atoms in total. The van der Waals surface area contributed by atoms with Gasteiger partial charge in [-0.2, -0.15) is 9.78 Å². The average Bonchev–Trinajstić information content (AvgIpc) is 2.91. The van der Waals surface area contributed by atoms with E-state index >= 15 is 0 Å². The van der Waals surface area contributed by atoms with Crippen LogP contribution in [0.4, 0.5) is 0 Å². The summed E-state index contributed by atoms with van der Waals surface area (Å²) in [5.41, 5.74) is 2.35. The van der Waals surface area contributed by atoms with Crippen LogP contribution in [-0.4, -0.2) is 15.9 Å². The molecular weight excluding hydrogens is 594 g/mol. The fraction of sp³-hybridized carbons (Fsp3) is 0.167. The molecule has 1 aromatic heterocycles. The smallest absolute Gasteiger partial charge is 0.282 e. The number of hydrogen-bond donors (Lipinski definition) is 0. The zero-order chi connectivity index (χ0) is 25.8. The van der Waals surface area contributed by atoms with Gasteiger partial charge in [-0.05, 0) is 59.2 Å². The zero-order valence-corrected chi connectivity index (χ0v) is 23.5. The maximum absolute atomic E-state index is 13.4. The monoisotopic (exact) mass is 617 g/mol. The fourth-order valence-corrected chi connectivity index (χ4v) is 5.00. The molecule has 0 aliphatic rings. The highest BCUT2D eigenvalue weighted by Gasteiger charge is 2.12. The van der Waals surface area contributed by atoms with Crippen molar-refractivity contribution in [3.05, 3.63) is 115 Å². The Hall–Kier alpha value is -3.29. The van der Waals surface area contributed by atoms with Crippen molar-refractivity contribution >= 4 is 59.7 Å². The number of nitrogens with zero attached hydrogens (tertiary/aromatic N) is 3. The topological polar surface area (TPSA) is 56.5 Å². The van der Waals surface area contributed by atoms with Gasteiger partial charge in [0.05, 0.1) is 17.1 Å².